The molecule has 174 valence electrons. The maximum Gasteiger partial charge on any atom is 0.225 e. The average Bonchev–Trinajstić information content (AvgIpc) is 2.73. The minimum Gasteiger partial charge on any atom is -0.387 e. The van der Waals surface area contributed by atoms with Crippen LogP contribution < -0.4 is 10.6 Å². The molecule has 3 rings (SSSR count). The number of amidine groups is 1. The third-order valence-electron chi connectivity index (χ3n) is 5.65. The summed E-state index contributed by atoms with van der Waals surface area (Å²) in [7, 11) is -3.62. The fraction of sp³-hybridized carbons (Fsp3) is 0.478. The van der Waals surface area contributed by atoms with E-state index in [0.29, 0.717) is 43.3 Å². The van der Waals surface area contributed by atoms with Crippen LogP contribution in [0.2, 0.25) is 0 Å². The van der Waals surface area contributed by atoms with Gasteiger partial charge >= 0.3 is 0 Å². The highest BCUT2D eigenvalue weighted by Crippen LogP contribution is 2.32. The summed E-state index contributed by atoms with van der Waals surface area (Å²) in [6, 6.07) is 5.31. The van der Waals surface area contributed by atoms with Crippen LogP contribution in [0, 0.1) is 5.92 Å². The van der Waals surface area contributed by atoms with E-state index < -0.39 is 15.1 Å². The lowest BCUT2D eigenvalue weighted by molar-refractivity contribution is -0.137. The molecule has 2 aliphatic heterocycles. The Morgan fingerprint density at radius 2 is 1.91 bits per heavy atom. The van der Waals surface area contributed by atoms with Crippen LogP contribution in [0.15, 0.2) is 46.9 Å². The van der Waals surface area contributed by atoms with Crippen LogP contribution in [0.5, 0.6) is 0 Å². The number of hydrogen-bond donors (Lipinski definition) is 1. The summed E-state index contributed by atoms with van der Waals surface area (Å²) in [5, 5.41) is -0.613. The van der Waals surface area contributed by atoms with Crippen molar-refractivity contribution in [3.63, 3.8) is 0 Å². The van der Waals surface area contributed by atoms with Crippen molar-refractivity contribution in [1.82, 2.24) is 4.90 Å². The second-order valence-corrected chi connectivity index (χ2v) is 10.7. The summed E-state index contributed by atoms with van der Waals surface area (Å²) in [4.78, 5) is 20.3. The number of rotatable bonds is 7. The zero-order valence-corrected chi connectivity index (χ0v) is 19.8. The number of morpholine rings is 1. The average molecular weight is 461 g/mol. The van der Waals surface area contributed by atoms with Crippen molar-refractivity contribution in [3.8, 4) is 0 Å². The summed E-state index contributed by atoms with van der Waals surface area (Å²) in [5.74, 6) is 0.221. The summed E-state index contributed by atoms with van der Waals surface area (Å²) in [6.45, 7) is 12.1. The van der Waals surface area contributed by atoms with Gasteiger partial charge in [-0.05, 0) is 36.3 Å². The Hall–Kier alpha value is -2.65. The zero-order valence-electron chi connectivity index (χ0n) is 19.0. The van der Waals surface area contributed by atoms with Crippen molar-refractivity contribution >= 4 is 32.8 Å². The number of likely N-dealkylation sites (tertiary alicyclic amines) is 1. The number of carbonyl (C=O) groups is 1. The molecule has 0 saturated carbocycles. The van der Waals surface area contributed by atoms with E-state index in [-0.39, 0.29) is 29.8 Å². The van der Waals surface area contributed by atoms with E-state index in [4.69, 9.17) is 10.5 Å². The van der Waals surface area contributed by atoms with Crippen molar-refractivity contribution in [2.45, 2.75) is 30.9 Å². The standard InChI is InChI=1S/C23H32N4O4S/c1-5-18(13-25-17(4)24)19-10-20(26-6-8-31-9-7-26)12-21(11-19)32(29,30)22-14-27(15-22)23(28)16(2)3/h5,10-13,16,22H,1,6-9,14-15H2,2-4H3,(H2,24,25)/b18-13+. The first-order valence-corrected chi connectivity index (χ1v) is 12.3. The van der Waals surface area contributed by atoms with E-state index in [0.717, 1.165) is 5.69 Å². The van der Waals surface area contributed by atoms with Crippen molar-refractivity contribution < 1.29 is 17.9 Å². The van der Waals surface area contributed by atoms with Crippen LogP contribution in [0.3, 0.4) is 0 Å². The molecule has 0 atom stereocenters. The molecule has 9 heteroatoms. The van der Waals surface area contributed by atoms with Gasteiger partial charge in [-0.2, -0.15) is 0 Å². The fourth-order valence-corrected chi connectivity index (χ4v) is 5.42. The molecule has 1 amide bonds. The van der Waals surface area contributed by atoms with E-state index in [1.165, 1.54) is 0 Å². The molecule has 0 radical (unpaired) electrons. The van der Waals surface area contributed by atoms with Crippen LogP contribution in [0.4, 0.5) is 5.69 Å². The van der Waals surface area contributed by atoms with Gasteiger partial charge in [-0.15, -0.1) is 0 Å². The number of nitrogens with two attached hydrogens (primary N) is 1. The first kappa shape index (κ1) is 24.0. The van der Waals surface area contributed by atoms with Crippen LogP contribution >= 0.6 is 0 Å². The molecule has 2 aliphatic rings. The number of benzene rings is 1. The summed E-state index contributed by atoms with van der Waals surface area (Å²) in [5.41, 5.74) is 7.84. The van der Waals surface area contributed by atoms with Gasteiger partial charge in [0.25, 0.3) is 0 Å². The fourth-order valence-electron chi connectivity index (χ4n) is 3.71. The highest BCUT2D eigenvalue weighted by atomic mass is 32.2. The van der Waals surface area contributed by atoms with Gasteiger partial charge in [0.05, 0.1) is 23.9 Å². The first-order chi connectivity index (χ1) is 15.1. The van der Waals surface area contributed by atoms with Gasteiger partial charge < -0.3 is 20.3 Å². The number of anilines is 1. The van der Waals surface area contributed by atoms with Gasteiger partial charge in [-0.3, -0.25) is 4.79 Å². The number of ether oxygens (including phenoxy) is 1. The quantitative estimate of drug-likeness (QED) is 0.379. The highest BCUT2D eigenvalue weighted by Gasteiger charge is 2.41. The molecule has 0 bridgehead atoms. The van der Waals surface area contributed by atoms with Crippen LogP contribution in [-0.2, 0) is 19.4 Å². The lowest BCUT2D eigenvalue weighted by Crippen LogP contribution is -2.57. The molecule has 0 aliphatic carbocycles. The predicted molar refractivity (Wildman–Crippen MR) is 127 cm³/mol. The van der Waals surface area contributed by atoms with Crippen LogP contribution in [0.1, 0.15) is 26.3 Å². The molecule has 1 aromatic rings. The van der Waals surface area contributed by atoms with E-state index in [1.807, 2.05) is 19.9 Å². The van der Waals surface area contributed by atoms with E-state index in [1.54, 1.807) is 36.2 Å². The molecule has 0 spiro atoms. The molecule has 2 fully saturated rings. The van der Waals surface area contributed by atoms with Gasteiger partial charge in [0.15, 0.2) is 9.84 Å². The maximum atomic E-state index is 13.4. The molecular formula is C23H32N4O4S. The highest BCUT2D eigenvalue weighted by molar-refractivity contribution is 7.92. The lowest BCUT2D eigenvalue weighted by atomic mass is 10.1. The number of carbonyl (C=O) groups excluding carboxylic acids is 1. The Morgan fingerprint density at radius 1 is 1.25 bits per heavy atom. The second-order valence-electron chi connectivity index (χ2n) is 8.44. The van der Waals surface area contributed by atoms with Crippen molar-refractivity contribution in [3.05, 3.63) is 42.6 Å². The monoisotopic (exact) mass is 460 g/mol. The Bertz CT molecular complexity index is 1030. The van der Waals surface area contributed by atoms with E-state index in [9.17, 15) is 13.2 Å². The van der Waals surface area contributed by atoms with Crippen molar-refractivity contribution in [2.24, 2.45) is 16.6 Å². The summed E-state index contributed by atoms with van der Waals surface area (Å²) in [6.07, 6.45) is 3.22. The smallest absolute Gasteiger partial charge is 0.225 e. The molecule has 1 aromatic carbocycles. The number of aliphatic imine (C=N–C) groups is 1. The van der Waals surface area contributed by atoms with Crippen molar-refractivity contribution in [2.75, 3.05) is 44.3 Å². The van der Waals surface area contributed by atoms with E-state index in [2.05, 4.69) is 16.5 Å². The minimum atomic E-state index is -3.62. The van der Waals surface area contributed by atoms with Gasteiger partial charge in [0.2, 0.25) is 5.91 Å². The lowest BCUT2D eigenvalue weighted by Gasteiger charge is -2.39. The molecule has 32 heavy (non-hydrogen) atoms. The number of amides is 1. The van der Waals surface area contributed by atoms with Gasteiger partial charge in [-0.25, -0.2) is 13.4 Å². The number of hydrogen-bond acceptors (Lipinski definition) is 6. The molecule has 2 saturated heterocycles. The number of allylic oxidation sites excluding steroid dienone is 2. The molecule has 2 heterocycles. The van der Waals surface area contributed by atoms with Gasteiger partial charge in [0, 0.05) is 44.0 Å². The summed E-state index contributed by atoms with van der Waals surface area (Å²) >= 11 is 0. The molecule has 0 aromatic heterocycles. The first-order valence-electron chi connectivity index (χ1n) is 10.8. The molecule has 8 nitrogen and oxygen atoms in total. The van der Waals surface area contributed by atoms with Gasteiger partial charge in [0.1, 0.15) is 5.25 Å². The second kappa shape index (κ2) is 9.87. The Balaban J connectivity index is 1.99. The minimum absolute atomic E-state index is 0.0221. The summed E-state index contributed by atoms with van der Waals surface area (Å²) < 4.78 is 32.3. The maximum absolute atomic E-state index is 13.4. The Morgan fingerprint density at radius 3 is 2.47 bits per heavy atom. The SMILES string of the molecule is C=C/C(=C\N=C(/C)N)c1cc(N2CCOCC2)cc(S(=O)(=O)C2CN(C(=O)C(C)C)C2)c1. The third kappa shape index (κ3) is 5.21. The molecule has 0 unspecified atom stereocenters. The predicted octanol–water partition coefficient (Wildman–Crippen LogP) is 2.07. The number of sulfone groups is 1. The Labute approximate surface area is 190 Å². The van der Waals surface area contributed by atoms with Crippen LogP contribution in [0.25, 0.3) is 5.57 Å². The topological polar surface area (TPSA) is 105 Å². The van der Waals surface area contributed by atoms with Crippen LogP contribution in [-0.4, -0.2) is 69.7 Å². The van der Waals surface area contributed by atoms with E-state index >= 15 is 0 Å². The Kier molecular flexibility index (Phi) is 7.40. The largest absolute Gasteiger partial charge is 0.387 e. The third-order valence-corrected chi connectivity index (χ3v) is 7.72. The zero-order chi connectivity index (χ0) is 23.5. The molecule has 2 N–H and O–H groups in total. The van der Waals surface area contributed by atoms with Gasteiger partial charge in [-0.1, -0.05) is 26.5 Å². The van der Waals surface area contributed by atoms with Crippen molar-refractivity contribution in [1.29, 1.82) is 0 Å². The number of nitrogens with zero attached hydrogens (tertiary/aromatic N) is 3. The molecular weight excluding hydrogens is 428 g/mol. The normalized spacial score (nSPS) is 18.6.